The third-order valence-corrected chi connectivity index (χ3v) is 4.85. The van der Waals surface area contributed by atoms with Gasteiger partial charge in [-0.25, -0.2) is 0 Å². The molecule has 0 fully saturated rings. The van der Waals surface area contributed by atoms with E-state index >= 15 is 0 Å². The summed E-state index contributed by atoms with van der Waals surface area (Å²) in [4.78, 5) is 3.73. The number of halogens is 1. The van der Waals surface area contributed by atoms with Crippen molar-refractivity contribution in [2.45, 2.75) is 39.3 Å². The van der Waals surface area contributed by atoms with Crippen LogP contribution in [-0.4, -0.2) is 24.5 Å². The van der Waals surface area contributed by atoms with E-state index < -0.39 is 0 Å². The van der Waals surface area contributed by atoms with Gasteiger partial charge in [0.1, 0.15) is 0 Å². The Labute approximate surface area is 117 Å². The first-order valence-corrected chi connectivity index (χ1v) is 7.77. The van der Waals surface area contributed by atoms with Crippen molar-refractivity contribution in [2.24, 2.45) is 11.7 Å². The second kappa shape index (κ2) is 6.88. The van der Waals surface area contributed by atoms with Crippen molar-refractivity contribution in [1.82, 2.24) is 4.90 Å². The average Bonchev–Trinajstić information content (AvgIpc) is 2.64. The quantitative estimate of drug-likeness (QED) is 0.862. The highest BCUT2D eigenvalue weighted by Crippen LogP contribution is 2.32. The molecule has 0 saturated heterocycles. The lowest BCUT2D eigenvalue weighted by molar-refractivity contribution is 0.193. The molecular formula is C13H23BrN2S. The number of thiophene rings is 1. The molecule has 0 amide bonds. The molecule has 0 aliphatic rings. The van der Waals surface area contributed by atoms with Crippen LogP contribution < -0.4 is 5.73 Å². The molecule has 2 nitrogen and oxygen atoms in total. The molecule has 3 atom stereocenters. The van der Waals surface area contributed by atoms with Gasteiger partial charge in [-0.3, -0.25) is 4.90 Å². The molecule has 1 heterocycles. The Bertz CT molecular complexity index is 338. The van der Waals surface area contributed by atoms with Crippen LogP contribution in [0.3, 0.4) is 0 Å². The Morgan fingerprint density at radius 2 is 2.06 bits per heavy atom. The number of nitrogens with zero attached hydrogens (tertiary/aromatic N) is 1. The fourth-order valence-corrected chi connectivity index (χ4v) is 3.80. The van der Waals surface area contributed by atoms with Crippen molar-refractivity contribution in [1.29, 1.82) is 0 Å². The van der Waals surface area contributed by atoms with Crippen molar-refractivity contribution < 1.29 is 0 Å². The summed E-state index contributed by atoms with van der Waals surface area (Å²) in [7, 11) is 2.17. The van der Waals surface area contributed by atoms with Crippen LogP contribution in [0.5, 0.6) is 0 Å². The molecule has 0 spiro atoms. The molecule has 0 aliphatic carbocycles. The Balaban J connectivity index is 2.79. The van der Waals surface area contributed by atoms with Crippen molar-refractivity contribution in [3.8, 4) is 0 Å². The van der Waals surface area contributed by atoms with E-state index in [2.05, 4.69) is 60.8 Å². The van der Waals surface area contributed by atoms with E-state index in [1.807, 2.05) is 0 Å². The van der Waals surface area contributed by atoms with Gasteiger partial charge in [0.2, 0.25) is 0 Å². The first-order valence-electron chi connectivity index (χ1n) is 6.16. The number of hydrogen-bond acceptors (Lipinski definition) is 3. The maximum Gasteiger partial charge on any atom is 0.0702 e. The third-order valence-electron chi connectivity index (χ3n) is 3.15. The van der Waals surface area contributed by atoms with E-state index in [0.717, 1.165) is 6.54 Å². The van der Waals surface area contributed by atoms with Crippen LogP contribution in [0.15, 0.2) is 15.9 Å². The molecule has 0 bridgehead atoms. The SMILES string of the molecule is CCC(C)CN(C)C(c1ccc(Br)s1)C(C)N. The van der Waals surface area contributed by atoms with Crippen LogP contribution in [0.4, 0.5) is 0 Å². The van der Waals surface area contributed by atoms with E-state index in [4.69, 9.17) is 5.73 Å². The Kier molecular flexibility index (Phi) is 6.13. The molecule has 17 heavy (non-hydrogen) atoms. The number of rotatable bonds is 6. The van der Waals surface area contributed by atoms with E-state index in [-0.39, 0.29) is 6.04 Å². The number of nitrogens with two attached hydrogens (primary N) is 1. The Morgan fingerprint density at radius 3 is 2.47 bits per heavy atom. The van der Waals surface area contributed by atoms with Gasteiger partial charge in [-0.1, -0.05) is 20.3 Å². The van der Waals surface area contributed by atoms with Gasteiger partial charge in [-0.15, -0.1) is 11.3 Å². The molecule has 0 aliphatic heterocycles. The summed E-state index contributed by atoms with van der Waals surface area (Å²) in [6.07, 6.45) is 1.21. The van der Waals surface area contributed by atoms with Gasteiger partial charge in [-0.05, 0) is 48.0 Å². The molecule has 1 aromatic heterocycles. The minimum atomic E-state index is 0.148. The molecule has 4 heteroatoms. The number of likely N-dealkylation sites (N-methyl/N-ethyl adjacent to an activating group) is 1. The lowest BCUT2D eigenvalue weighted by Crippen LogP contribution is -2.38. The summed E-state index contributed by atoms with van der Waals surface area (Å²) in [6, 6.07) is 4.75. The summed E-state index contributed by atoms with van der Waals surface area (Å²) < 4.78 is 1.18. The van der Waals surface area contributed by atoms with Gasteiger partial charge >= 0.3 is 0 Å². The maximum absolute atomic E-state index is 6.15. The average molecular weight is 319 g/mol. The summed E-state index contributed by atoms with van der Waals surface area (Å²) in [5, 5.41) is 0. The fourth-order valence-electron chi connectivity index (χ4n) is 2.10. The lowest BCUT2D eigenvalue weighted by Gasteiger charge is -2.32. The molecule has 3 unspecified atom stereocenters. The molecule has 0 aromatic carbocycles. The highest BCUT2D eigenvalue weighted by molar-refractivity contribution is 9.11. The minimum Gasteiger partial charge on any atom is -0.326 e. The summed E-state index contributed by atoms with van der Waals surface area (Å²) in [6.45, 7) is 7.71. The van der Waals surface area contributed by atoms with Gasteiger partial charge in [0.15, 0.2) is 0 Å². The first-order chi connectivity index (χ1) is 7.95. The van der Waals surface area contributed by atoms with Gasteiger partial charge < -0.3 is 5.73 Å². The van der Waals surface area contributed by atoms with Crippen LogP contribution in [-0.2, 0) is 0 Å². The monoisotopic (exact) mass is 318 g/mol. The predicted molar refractivity (Wildman–Crippen MR) is 80.5 cm³/mol. The van der Waals surface area contributed by atoms with Crippen molar-refractivity contribution in [2.75, 3.05) is 13.6 Å². The topological polar surface area (TPSA) is 29.3 Å². The predicted octanol–water partition coefficient (Wildman–Crippen LogP) is 3.88. The van der Waals surface area contributed by atoms with Gasteiger partial charge in [0, 0.05) is 17.5 Å². The van der Waals surface area contributed by atoms with Crippen LogP contribution in [0.2, 0.25) is 0 Å². The summed E-state index contributed by atoms with van der Waals surface area (Å²) >= 11 is 5.30. The normalized spacial score (nSPS) is 17.1. The molecule has 1 rings (SSSR count). The van der Waals surface area contributed by atoms with E-state index in [9.17, 15) is 0 Å². The number of hydrogen-bond donors (Lipinski definition) is 1. The highest BCUT2D eigenvalue weighted by Gasteiger charge is 2.23. The first kappa shape index (κ1) is 15.2. The van der Waals surface area contributed by atoms with Gasteiger partial charge in [-0.2, -0.15) is 0 Å². The van der Waals surface area contributed by atoms with Crippen molar-refractivity contribution >= 4 is 27.3 Å². The zero-order chi connectivity index (χ0) is 13.0. The molecule has 0 radical (unpaired) electrons. The highest BCUT2D eigenvalue weighted by atomic mass is 79.9. The molecular weight excluding hydrogens is 296 g/mol. The Morgan fingerprint density at radius 1 is 1.41 bits per heavy atom. The zero-order valence-corrected chi connectivity index (χ0v) is 13.5. The second-order valence-electron chi connectivity index (χ2n) is 4.90. The molecule has 0 saturated carbocycles. The van der Waals surface area contributed by atoms with Crippen LogP contribution in [0.25, 0.3) is 0 Å². The van der Waals surface area contributed by atoms with Crippen LogP contribution in [0, 0.1) is 5.92 Å². The molecule has 2 N–H and O–H groups in total. The van der Waals surface area contributed by atoms with E-state index in [1.165, 1.54) is 15.1 Å². The molecule has 1 aromatic rings. The maximum atomic E-state index is 6.15. The fraction of sp³-hybridized carbons (Fsp3) is 0.692. The van der Waals surface area contributed by atoms with E-state index in [0.29, 0.717) is 12.0 Å². The Hall–Kier alpha value is 0.1000. The summed E-state index contributed by atoms with van der Waals surface area (Å²) in [5.41, 5.74) is 6.15. The second-order valence-corrected chi connectivity index (χ2v) is 7.39. The minimum absolute atomic E-state index is 0.148. The lowest BCUT2D eigenvalue weighted by atomic mass is 10.0. The summed E-state index contributed by atoms with van der Waals surface area (Å²) in [5.74, 6) is 0.713. The zero-order valence-electron chi connectivity index (χ0n) is 11.1. The standard InChI is InChI=1S/C13H23BrN2S/c1-5-9(2)8-16(4)13(10(3)15)11-6-7-12(14)17-11/h6-7,9-10,13H,5,8,15H2,1-4H3. The van der Waals surface area contributed by atoms with Gasteiger partial charge in [0.25, 0.3) is 0 Å². The van der Waals surface area contributed by atoms with E-state index in [1.54, 1.807) is 11.3 Å². The van der Waals surface area contributed by atoms with Crippen molar-refractivity contribution in [3.63, 3.8) is 0 Å². The largest absolute Gasteiger partial charge is 0.326 e. The van der Waals surface area contributed by atoms with Gasteiger partial charge in [0.05, 0.1) is 9.83 Å². The third kappa shape index (κ3) is 4.36. The smallest absolute Gasteiger partial charge is 0.0702 e. The molecule has 98 valence electrons. The van der Waals surface area contributed by atoms with Crippen LogP contribution >= 0.6 is 27.3 Å². The van der Waals surface area contributed by atoms with Crippen LogP contribution in [0.1, 0.15) is 38.1 Å². The van der Waals surface area contributed by atoms with Crippen molar-refractivity contribution in [3.05, 3.63) is 20.8 Å².